The molecule has 0 aliphatic rings. The maximum Gasteiger partial charge on any atom is 0.146 e. The highest BCUT2D eigenvalue weighted by Gasteiger charge is 2.26. The van der Waals surface area contributed by atoms with E-state index in [1.165, 1.54) is 16.6 Å². The van der Waals surface area contributed by atoms with E-state index in [-0.39, 0.29) is 0 Å². The van der Waals surface area contributed by atoms with Gasteiger partial charge in [0.2, 0.25) is 0 Å². The minimum atomic E-state index is 0.304. The lowest BCUT2D eigenvalue weighted by Crippen LogP contribution is -1.95. The van der Waals surface area contributed by atoms with Crippen molar-refractivity contribution in [3.05, 3.63) is 47.5 Å². The van der Waals surface area contributed by atoms with Crippen molar-refractivity contribution in [2.75, 3.05) is 0 Å². The van der Waals surface area contributed by atoms with Gasteiger partial charge in [-0.1, -0.05) is 32.0 Å². The molecule has 4 nitrogen and oxygen atoms in total. The van der Waals surface area contributed by atoms with E-state index in [4.69, 9.17) is 0 Å². The standard InChI is InChI=1S/C16H17N3O/c1-10(2)12-8-11(3)9-15(16(12)20)19-17-13-6-4-5-7-14(13)18(17)19/h4-10,20H,1-3H3. The Hall–Kier alpha value is -2.36. The van der Waals surface area contributed by atoms with Crippen LogP contribution in [-0.2, 0) is 0 Å². The van der Waals surface area contributed by atoms with Gasteiger partial charge in [0, 0.05) is 0 Å². The number of aryl methyl sites for hydroxylation is 1. The quantitative estimate of drug-likeness (QED) is 0.592. The van der Waals surface area contributed by atoms with Crippen molar-refractivity contribution in [3.63, 3.8) is 0 Å². The number of benzene rings is 2. The molecule has 1 N–H and O–H groups in total. The Morgan fingerprint density at radius 3 is 2.15 bits per heavy atom. The third-order valence-electron chi connectivity index (χ3n) is 3.92. The summed E-state index contributed by atoms with van der Waals surface area (Å²) in [4.78, 5) is 2.01. The molecule has 0 fully saturated rings. The van der Waals surface area contributed by atoms with E-state index in [0.717, 1.165) is 11.3 Å². The summed E-state index contributed by atoms with van der Waals surface area (Å²) in [5.74, 6) is 0.685. The fraction of sp³-hybridized carbons (Fsp3) is 0.250. The van der Waals surface area contributed by atoms with E-state index in [2.05, 4.69) is 48.2 Å². The maximum absolute atomic E-state index is 10.5. The second-order valence-electron chi connectivity index (χ2n) is 5.73. The molecule has 4 aromatic rings. The molecule has 0 aliphatic carbocycles. The van der Waals surface area contributed by atoms with Crippen molar-refractivity contribution in [1.82, 2.24) is 14.1 Å². The molecule has 2 aromatic carbocycles. The molecule has 0 radical (unpaired) electrons. The molecule has 4 heteroatoms. The highest BCUT2D eigenvalue weighted by atomic mass is 16.3. The molecule has 0 saturated carbocycles. The fourth-order valence-corrected chi connectivity index (χ4v) is 2.88. The number of phenols is 1. The van der Waals surface area contributed by atoms with Crippen LogP contribution >= 0.6 is 0 Å². The number of hydrogen-bond acceptors (Lipinski definition) is 1. The van der Waals surface area contributed by atoms with Crippen LogP contribution in [0.5, 0.6) is 5.75 Å². The summed E-state index contributed by atoms with van der Waals surface area (Å²) in [5, 5.41) is 10.5. The molecule has 20 heavy (non-hydrogen) atoms. The van der Waals surface area contributed by atoms with Crippen LogP contribution in [0.1, 0.15) is 30.9 Å². The number of rotatable bonds is 2. The maximum atomic E-state index is 10.5. The summed E-state index contributed by atoms with van der Waals surface area (Å²) >= 11 is 0. The summed E-state index contributed by atoms with van der Waals surface area (Å²) in [5.41, 5.74) is 5.38. The van der Waals surface area contributed by atoms with Gasteiger partial charge < -0.3 is 5.11 Å². The number of aromatic nitrogens is 3. The molecule has 0 unspecified atom stereocenters. The lowest BCUT2D eigenvalue weighted by Gasteiger charge is -2.11. The third-order valence-corrected chi connectivity index (χ3v) is 3.92. The first kappa shape index (κ1) is 11.5. The molecule has 0 amide bonds. The predicted octanol–water partition coefficient (Wildman–Crippen LogP) is 3.56. The van der Waals surface area contributed by atoms with E-state index in [1.807, 2.05) is 23.0 Å². The van der Waals surface area contributed by atoms with Crippen LogP contribution in [0, 0.1) is 6.92 Å². The average molecular weight is 267 g/mol. The summed E-state index contributed by atoms with van der Waals surface area (Å²) in [6, 6.07) is 12.3. The van der Waals surface area contributed by atoms with Crippen LogP contribution < -0.4 is 0 Å². The molecule has 4 rings (SSSR count). The van der Waals surface area contributed by atoms with Crippen molar-refractivity contribution < 1.29 is 5.11 Å². The second kappa shape index (κ2) is 3.60. The van der Waals surface area contributed by atoms with Crippen molar-refractivity contribution in [1.29, 1.82) is 0 Å². The average Bonchev–Trinajstić information content (AvgIpc) is 3.06. The van der Waals surface area contributed by atoms with E-state index < -0.39 is 0 Å². The zero-order valence-electron chi connectivity index (χ0n) is 11.8. The fourth-order valence-electron chi connectivity index (χ4n) is 2.88. The van der Waals surface area contributed by atoms with Gasteiger partial charge in [0.1, 0.15) is 22.5 Å². The van der Waals surface area contributed by atoms with Crippen LogP contribution in [-0.4, -0.2) is 19.2 Å². The Balaban J connectivity index is 1.96. The minimum absolute atomic E-state index is 0.304. The molecular weight excluding hydrogens is 250 g/mol. The van der Waals surface area contributed by atoms with Gasteiger partial charge >= 0.3 is 0 Å². The van der Waals surface area contributed by atoms with Crippen molar-refractivity contribution >= 4 is 11.0 Å². The number of para-hydroxylation sites is 2. The largest absolute Gasteiger partial charge is 0.505 e. The number of fused-ring (bicyclic) bond motifs is 4. The van der Waals surface area contributed by atoms with Gasteiger partial charge in [-0.15, -0.1) is 14.1 Å². The highest BCUT2D eigenvalue weighted by molar-refractivity contribution is 5.79. The van der Waals surface area contributed by atoms with Gasteiger partial charge in [-0.25, -0.2) is 0 Å². The van der Waals surface area contributed by atoms with Crippen molar-refractivity contribution in [2.45, 2.75) is 26.7 Å². The highest BCUT2D eigenvalue weighted by Crippen LogP contribution is 2.36. The molecule has 102 valence electrons. The Morgan fingerprint density at radius 2 is 1.60 bits per heavy atom. The molecular formula is C16H17N3O. The van der Waals surface area contributed by atoms with E-state index in [9.17, 15) is 5.11 Å². The topological polar surface area (TPSA) is 34.0 Å². The van der Waals surface area contributed by atoms with Crippen molar-refractivity contribution in [2.24, 2.45) is 0 Å². The number of aromatic hydroxyl groups is 1. The zero-order chi connectivity index (χ0) is 14.0. The van der Waals surface area contributed by atoms with Gasteiger partial charge in [0.05, 0.1) is 0 Å². The number of hydrogen-bond donors (Lipinski definition) is 1. The lowest BCUT2D eigenvalue weighted by molar-refractivity contribution is 0.461. The van der Waals surface area contributed by atoms with E-state index in [1.54, 1.807) is 0 Å². The smallest absolute Gasteiger partial charge is 0.146 e. The monoisotopic (exact) mass is 267 g/mol. The first-order valence-electron chi connectivity index (χ1n) is 6.92. The van der Waals surface area contributed by atoms with Crippen LogP contribution in [0.4, 0.5) is 0 Å². The van der Waals surface area contributed by atoms with Gasteiger partial charge in [-0.2, -0.15) is 0 Å². The third kappa shape index (κ3) is 1.31. The zero-order valence-corrected chi connectivity index (χ0v) is 11.8. The van der Waals surface area contributed by atoms with Gasteiger partial charge in [-0.3, -0.25) is 0 Å². The van der Waals surface area contributed by atoms with Crippen LogP contribution in [0.3, 0.4) is 0 Å². The van der Waals surface area contributed by atoms with Gasteiger partial charge in [0.25, 0.3) is 0 Å². The minimum Gasteiger partial charge on any atom is -0.505 e. The molecule has 0 atom stereocenters. The molecule has 0 bridgehead atoms. The lowest BCUT2D eigenvalue weighted by atomic mass is 9.99. The SMILES string of the molecule is Cc1cc(C(C)C)c(O)c(-n2n3c4ccccc4n23)c1. The first-order valence-corrected chi connectivity index (χ1v) is 6.92. The summed E-state index contributed by atoms with van der Waals surface area (Å²) in [6.07, 6.45) is 0. The van der Waals surface area contributed by atoms with Gasteiger partial charge in [-0.05, 0) is 42.2 Å². The molecule has 2 heterocycles. The molecule has 0 spiro atoms. The molecule has 0 saturated heterocycles. The van der Waals surface area contributed by atoms with Crippen molar-refractivity contribution in [3.8, 4) is 11.4 Å². The predicted molar refractivity (Wildman–Crippen MR) is 79.4 cm³/mol. The Labute approximate surface area is 116 Å². The number of phenolic OH excluding ortho intramolecular Hbond substituents is 1. The Morgan fingerprint density at radius 1 is 1.00 bits per heavy atom. The normalized spacial score (nSPS) is 12.4. The first-order chi connectivity index (χ1) is 9.59. The Kier molecular flexibility index (Phi) is 2.06. The molecule has 2 aromatic heterocycles. The van der Waals surface area contributed by atoms with E-state index in [0.29, 0.717) is 11.7 Å². The summed E-state index contributed by atoms with van der Waals surface area (Å²) in [6.45, 7) is 6.27. The van der Waals surface area contributed by atoms with Crippen LogP contribution in [0.25, 0.3) is 16.7 Å². The van der Waals surface area contributed by atoms with Gasteiger partial charge in [0.15, 0.2) is 0 Å². The number of nitrogens with zero attached hydrogens (tertiary/aromatic N) is 3. The summed E-state index contributed by atoms with van der Waals surface area (Å²) in [7, 11) is 0. The van der Waals surface area contributed by atoms with Crippen LogP contribution in [0.15, 0.2) is 36.4 Å². The summed E-state index contributed by atoms with van der Waals surface area (Å²) < 4.78 is 4.13. The molecule has 0 aliphatic heterocycles. The second-order valence-corrected chi connectivity index (χ2v) is 5.73. The Bertz CT molecular complexity index is 865. The van der Waals surface area contributed by atoms with Crippen LogP contribution in [0.2, 0.25) is 0 Å². The van der Waals surface area contributed by atoms with E-state index >= 15 is 0 Å².